The molecule has 0 atom stereocenters. The third kappa shape index (κ3) is 3.45. The van der Waals surface area contributed by atoms with Crippen LogP contribution < -0.4 is 11.0 Å². The zero-order chi connectivity index (χ0) is 7.07. The molecule has 1 fully saturated rings. The summed E-state index contributed by atoms with van der Waals surface area (Å²) in [6.45, 7) is 2.76. The molecular formula is C6H12N2O2. The minimum Gasteiger partial charge on any atom is -0.417 e. The predicted molar refractivity (Wildman–Crippen MR) is 36.8 cm³/mol. The van der Waals surface area contributed by atoms with Crippen LogP contribution in [-0.4, -0.2) is 19.7 Å². The van der Waals surface area contributed by atoms with Crippen molar-refractivity contribution in [3.8, 4) is 0 Å². The molecule has 2 aliphatic rings. The molecule has 0 spiro atoms. The van der Waals surface area contributed by atoms with Crippen LogP contribution in [0.15, 0.2) is 12.3 Å². The summed E-state index contributed by atoms with van der Waals surface area (Å²) in [5.74, 6) is 0. The molecule has 0 aliphatic carbocycles. The Balaban J connectivity index is 0.0000001000. The molecule has 4 nitrogen and oxygen atoms in total. The van der Waals surface area contributed by atoms with Gasteiger partial charge in [-0.3, -0.25) is 0 Å². The summed E-state index contributed by atoms with van der Waals surface area (Å²) in [6.07, 6.45) is 4.69. The summed E-state index contributed by atoms with van der Waals surface area (Å²) in [6, 6.07) is 0. The zero-order valence-electron chi connectivity index (χ0n) is 5.80. The van der Waals surface area contributed by atoms with E-state index in [4.69, 9.17) is 4.84 Å². The first kappa shape index (κ1) is 7.53. The van der Waals surface area contributed by atoms with Gasteiger partial charge in [-0.05, 0) is 12.5 Å². The second kappa shape index (κ2) is 5.22. The molecule has 10 heavy (non-hydrogen) atoms. The van der Waals surface area contributed by atoms with Gasteiger partial charge in [0.1, 0.15) is 6.26 Å². The summed E-state index contributed by atoms with van der Waals surface area (Å²) in [7, 11) is 0. The summed E-state index contributed by atoms with van der Waals surface area (Å²) in [5.41, 5.74) is 5.33. The minimum absolute atomic E-state index is 0.847. The number of hydrogen-bond donors (Lipinski definition) is 2. The maximum absolute atomic E-state index is 4.69. The van der Waals surface area contributed by atoms with E-state index >= 15 is 0 Å². The zero-order valence-corrected chi connectivity index (χ0v) is 5.80. The van der Waals surface area contributed by atoms with E-state index in [0.29, 0.717) is 0 Å². The molecule has 58 valence electrons. The van der Waals surface area contributed by atoms with Crippen molar-refractivity contribution in [2.24, 2.45) is 0 Å². The highest BCUT2D eigenvalue weighted by atomic mass is 16.7. The highest BCUT2D eigenvalue weighted by Gasteiger charge is 1.93. The maximum Gasteiger partial charge on any atom is 0.108 e. The topological polar surface area (TPSA) is 42.5 Å². The third-order valence-electron chi connectivity index (χ3n) is 1.08. The van der Waals surface area contributed by atoms with E-state index in [1.54, 1.807) is 6.26 Å². The lowest BCUT2D eigenvalue weighted by molar-refractivity contribution is 0.103. The summed E-state index contributed by atoms with van der Waals surface area (Å²) in [5, 5.41) is 0. The Labute approximate surface area is 60.1 Å². The first-order chi connectivity index (χ1) is 5.00. The summed E-state index contributed by atoms with van der Waals surface area (Å²) in [4.78, 5) is 9.21. The lowest BCUT2D eigenvalue weighted by atomic mass is 10.5. The van der Waals surface area contributed by atoms with E-state index < -0.39 is 0 Å². The molecule has 0 radical (unpaired) electrons. The molecule has 0 unspecified atom stereocenters. The first-order valence-electron chi connectivity index (χ1n) is 3.38. The summed E-state index contributed by atoms with van der Waals surface area (Å²) < 4.78 is 0. The average Bonchev–Trinajstić information content (AvgIpc) is 2.67. The average molecular weight is 144 g/mol. The Morgan fingerprint density at radius 3 is 2.50 bits per heavy atom. The van der Waals surface area contributed by atoms with E-state index in [9.17, 15) is 0 Å². The van der Waals surface area contributed by atoms with E-state index in [2.05, 4.69) is 15.8 Å². The monoisotopic (exact) mass is 144 g/mol. The van der Waals surface area contributed by atoms with Crippen molar-refractivity contribution in [3.05, 3.63) is 12.3 Å². The Kier molecular flexibility index (Phi) is 3.93. The molecule has 2 N–H and O–H groups in total. The second-order valence-corrected chi connectivity index (χ2v) is 1.93. The standard InChI is InChI=1S/C3H7NO.C3H5NO/c2*1-2-4-5-3-1/h4H,1-3H2;1,3-4H,2H2. The van der Waals surface area contributed by atoms with Crippen molar-refractivity contribution in [2.45, 2.75) is 6.42 Å². The Morgan fingerprint density at radius 2 is 2.30 bits per heavy atom. The molecule has 4 heteroatoms. The van der Waals surface area contributed by atoms with Gasteiger partial charge in [0.15, 0.2) is 0 Å². The Hall–Kier alpha value is -0.580. The van der Waals surface area contributed by atoms with Crippen molar-refractivity contribution < 1.29 is 9.68 Å². The lowest BCUT2D eigenvalue weighted by Crippen LogP contribution is -2.02. The van der Waals surface area contributed by atoms with Crippen LogP contribution >= 0.6 is 0 Å². The van der Waals surface area contributed by atoms with Gasteiger partial charge in [-0.2, -0.15) is 5.48 Å². The molecule has 0 aromatic heterocycles. The molecule has 2 aliphatic heterocycles. The van der Waals surface area contributed by atoms with E-state index in [1.165, 1.54) is 6.42 Å². The van der Waals surface area contributed by atoms with Crippen LogP contribution in [0.25, 0.3) is 0 Å². The van der Waals surface area contributed by atoms with Crippen molar-refractivity contribution in [3.63, 3.8) is 0 Å². The largest absolute Gasteiger partial charge is 0.417 e. The number of nitrogens with one attached hydrogen (secondary N) is 2. The van der Waals surface area contributed by atoms with Gasteiger partial charge in [-0.15, -0.1) is 0 Å². The molecule has 0 aromatic rings. The number of hydrogen-bond acceptors (Lipinski definition) is 4. The van der Waals surface area contributed by atoms with Crippen LogP contribution in [0.5, 0.6) is 0 Å². The van der Waals surface area contributed by atoms with E-state index in [-0.39, 0.29) is 0 Å². The molecule has 0 aromatic carbocycles. The van der Waals surface area contributed by atoms with Crippen LogP contribution in [0, 0.1) is 0 Å². The van der Waals surface area contributed by atoms with Crippen LogP contribution in [-0.2, 0) is 9.68 Å². The molecule has 0 saturated carbocycles. The van der Waals surface area contributed by atoms with Gasteiger partial charge in [-0.25, -0.2) is 5.48 Å². The number of hydroxylamine groups is 2. The van der Waals surface area contributed by atoms with Gasteiger partial charge in [0.2, 0.25) is 0 Å². The SMILES string of the molecule is C1=CONC1.C1CNOC1. The van der Waals surface area contributed by atoms with Crippen LogP contribution in [0.4, 0.5) is 0 Å². The van der Waals surface area contributed by atoms with Gasteiger partial charge in [0.05, 0.1) is 13.2 Å². The summed E-state index contributed by atoms with van der Waals surface area (Å²) >= 11 is 0. The molecule has 0 bridgehead atoms. The minimum atomic E-state index is 0.847. The molecule has 2 rings (SSSR count). The third-order valence-corrected chi connectivity index (χ3v) is 1.08. The van der Waals surface area contributed by atoms with Gasteiger partial charge in [0, 0.05) is 6.54 Å². The fourth-order valence-electron chi connectivity index (χ4n) is 0.601. The molecule has 0 amide bonds. The second-order valence-electron chi connectivity index (χ2n) is 1.93. The lowest BCUT2D eigenvalue weighted by Gasteiger charge is -1.82. The van der Waals surface area contributed by atoms with Crippen molar-refractivity contribution in [2.75, 3.05) is 19.7 Å². The molecule has 1 saturated heterocycles. The fourth-order valence-corrected chi connectivity index (χ4v) is 0.601. The normalized spacial score (nSPS) is 21.6. The van der Waals surface area contributed by atoms with Crippen LogP contribution in [0.1, 0.15) is 6.42 Å². The maximum atomic E-state index is 4.69. The molecular weight excluding hydrogens is 132 g/mol. The van der Waals surface area contributed by atoms with Crippen molar-refractivity contribution in [1.29, 1.82) is 0 Å². The highest BCUT2D eigenvalue weighted by molar-refractivity contribution is 4.78. The van der Waals surface area contributed by atoms with Gasteiger partial charge in [0.25, 0.3) is 0 Å². The van der Waals surface area contributed by atoms with Gasteiger partial charge < -0.3 is 9.68 Å². The smallest absolute Gasteiger partial charge is 0.108 e. The van der Waals surface area contributed by atoms with E-state index in [0.717, 1.165) is 19.7 Å². The number of rotatable bonds is 0. The fraction of sp³-hybridized carbons (Fsp3) is 0.667. The van der Waals surface area contributed by atoms with Crippen LogP contribution in [0.2, 0.25) is 0 Å². The van der Waals surface area contributed by atoms with E-state index in [1.807, 2.05) is 6.08 Å². The van der Waals surface area contributed by atoms with Crippen LogP contribution in [0.3, 0.4) is 0 Å². The van der Waals surface area contributed by atoms with Gasteiger partial charge >= 0.3 is 0 Å². The highest BCUT2D eigenvalue weighted by Crippen LogP contribution is 1.83. The predicted octanol–water partition coefficient (Wildman–Crippen LogP) is -0.0538. The van der Waals surface area contributed by atoms with Crippen molar-refractivity contribution in [1.82, 2.24) is 11.0 Å². The quantitative estimate of drug-likeness (QED) is 0.500. The first-order valence-corrected chi connectivity index (χ1v) is 3.38. The Morgan fingerprint density at radius 1 is 1.30 bits per heavy atom. The van der Waals surface area contributed by atoms with Gasteiger partial charge in [-0.1, -0.05) is 0 Å². The Bertz CT molecular complexity index is 88.3. The van der Waals surface area contributed by atoms with Crippen molar-refractivity contribution >= 4 is 0 Å². The molecule has 2 heterocycles.